The van der Waals surface area contributed by atoms with E-state index in [0.717, 1.165) is 24.4 Å². The minimum Gasteiger partial charge on any atom is -0.348 e. The quantitative estimate of drug-likeness (QED) is 0.825. The fraction of sp³-hybridized carbons (Fsp3) is 0.429. The second-order valence-electron chi connectivity index (χ2n) is 7.34. The van der Waals surface area contributed by atoms with Crippen LogP contribution in [0.2, 0.25) is 0 Å². The zero-order chi connectivity index (χ0) is 17.9. The van der Waals surface area contributed by atoms with E-state index < -0.39 is 0 Å². The van der Waals surface area contributed by atoms with Crippen LogP contribution in [0, 0.1) is 12.8 Å². The summed E-state index contributed by atoms with van der Waals surface area (Å²) >= 11 is 1.67. The number of fused-ring (bicyclic) bond motifs is 3. The van der Waals surface area contributed by atoms with Gasteiger partial charge in [-0.15, -0.1) is 11.3 Å². The molecule has 136 valence electrons. The fourth-order valence-electron chi connectivity index (χ4n) is 4.30. The minimum atomic E-state index is 0.0211. The van der Waals surface area contributed by atoms with Crippen LogP contribution in [0.5, 0.6) is 0 Å². The Labute approximate surface area is 158 Å². The van der Waals surface area contributed by atoms with Gasteiger partial charge < -0.3 is 5.32 Å². The third-order valence-corrected chi connectivity index (χ3v) is 6.71. The van der Waals surface area contributed by atoms with Gasteiger partial charge in [0.25, 0.3) is 0 Å². The highest BCUT2D eigenvalue weighted by molar-refractivity contribution is 7.11. The molecule has 5 rings (SSSR count). The van der Waals surface area contributed by atoms with Gasteiger partial charge in [0.2, 0.25) is 5.91 Å². The molecule has 2 aromatic heterocycles. The third kappa shape index (κ3) is 3.74. The first-order valence-corrected chi connectivity index (χ1v) is 10.2. The number of aryl methyl sites for hydroxylation is 1. The maximum absolute atomic E-state index is 12.6. The van der Waals surface area contributed by atoms with E-state index in [4.69, 9.17) is 0 Å². The molecule has 3 aliphatic heterocycles. The highest BCUT2D eigenvalue weighted by Gasteiger charge is 2.42. The number of nitrogens with one attached hydrogen (secondary N) is 1. The maximum atomic E-state index is 12.6. The summed E-state index contributed by atoms with van der Waals surface area (Å²) in [6, 6.07) is 6.80. The molecule has 0 spiro atoms. The molecule has 4 nitrogen and oxygen atoms in total. The summed E-state index contributed by atoms with van der Waals surface area (Å²) in [5, 5.41) is 5.38. The molecule has 0 aromatic carbocycles. The van der Waals surface area contributed by atoms with Crippen LogP contribution in [0.15, 0.2) is 42.0 Å². The molecule has 5 heteroatoms. The Balaban J connectivity index is 1.46. The van der Waals surface area contributed by atoms with Crippen molar-refractivity contribution < 1.29 is 4.79 Å². The molecule has 2 atom stereocenters. The van der Waals surface area contributed by atoms with E-state index in [1.54, 1.807) is 17.4 Å². The molecule has 3 fully saturated rings. The van der Waals surface area contributed by atoms with E-state index in [1.165, 1.54) is 24.0 Å². The first-order chi connectivity index (χ1) is 12.7. The van der Waals surface area contributed by atoms with Crippen LogP contribution in [0.25, 0.3) is 6.08 Å². The van der Waals surface area contributed by atoms with Crippen LogP contribution in [0.4, 0.5) is 0 Å². The van der Waals surface area contributed by atoms with Gasteiger partial charge in [-0.1, -0.05) is 6.07 Å². The smallest absolute Gasteiger partial charge is 0.244 e. The van der Waals surface area contributed by atoms with E-state index in [-0.39, 0.29) is 11.9 Å². The molecule has 0 aliphatic carbocycles. The number of nitrogens with zero attached hydrogens (tertiary/aromatic N) is 2. The molecule has 3 saturated heterocycles. The Morgan fingerprint density at radius 1 is 1.38 bits per heavy atom. The Hall–Kier alpha value is -1.98. The number of aromatic nitrogens is 1. The fourth-order valence-corrected chi connectivity index (χ4v) is 5.12. The van der Waals surface area contributed by atoms with Crippen LogP contribution in [-0.2, 0) is 11.2 Å². The van der Waals surface area contributed by atoms with Gasteiger partial charge in [0, 0.05) is 35.4 Å². The van der Waals surface area contributed by atoms with Gasteiger partial charge in [-0.2, -0.15) is 0 Å². The standard InChI is InChI=1S/C21H25N3OS/c1-15-8-12-26-19(15)4-5-20(25)23-21-17-6-10-24(11-7-17)18(21)13-16-3-2-9-22-14-16/h2-5,8-9,12,14,17-18,21H,6-7,10-11,13H2,1H3,(H,23,25)/b5-4+/t18-,21-/m0/s1. The van der Waals surface area contributed by atoms with Gasteiger partial charge in [-0.25, -0.2) is 0 Å². The van der Waals surface area contributed by atoms with Gasteiger partial charge in [0.1, 0.15) is 0 Å². The first-order valence-electron chi connectivity index (χ1n) is 9.36. The average Bonchev–Trinajstić information content (AvgIpc) is 3.08. The lowest BCUT2D eigenvalue weighted by molar-refractivity contribution is -0.119. The summed E-state index contributed by atoms with van der Waals surface area (Å²) in [6.45, 7) is 4.36. The van der Waals surface area contributed by atoms with Gasteiger partial charge >= 0.3 is 0 Å². The highest BCUT2D eigenvalue weighted by atomic mass is 32.1. The number of pyridine rings is 1. The molecule has 1 N–H and O–H groups in total. The molecule has 0 unspecified atom stereocenters. The number of rotatable bonds is 5. The summed E-state index contributed by atoms with van der Waals surface area (Å²) in [5.74, 6) is 0.607. The minimum absolute atomic E-state index is 0.0211. The van der Waals surface area contributed by atoms with Crippen molar-refractivity contribution in [1.29, 1.82) is 0 Å². The lowest BCUT2D eigenvalue weighted by atomic mass is 9.77. The Morgan fingerprint density at radius 2 is 2.23 bits per heavy atom. The second kappa shape index (κ2) is 7.72. The van der Waals surface area contributed by atoms with Crippen molar-refractivity contribution in [2.24, 2.45) is 5.92 Å². The predicted octanol–water partition coefficient (Wildman–Crippen LogP) is 3.29. The SMILES string of the molecule is Cc1ccsc1/C=C/C(=O)N[C@H]1C2CCN(CC2)[C@H]1Cc1cccnc1. The van der Waals surface area contributed by atoms with E-state index in [1.807, 2.05) is 24.5 Å². The second-order valence-corrected chi connectivity index (χ2v) is 8.29. The Morgan fingerprint density at radius 3 is 2.92 bits per heavy atom. The number of hydrogen-bond donors (Lipinski definition) is 1. The van der Waals surface area contributed by atoms with Crippen LogP contribution < -0.4 is 5.32 Å². The van der Waals surface area contributed by atoms with Gasteiger partial charge in [-0.05, 0) is 79.9 Å². The van der Waals surface area contributed by atoms with Gasteiger partial charge in [0.15, 0.2) is 0 Å². The summed E-state index contributed by atoms with van der Waals surface area (Å²) in [4.78, 5) is 20.5. The van der Waals surface area contributed by atoms with E-state index in [0.29, 0.717) is 12.0 Å². The van der Waals surface area contributed by atoms with Crippen LogP contribution in [-0.4, -0.2) is 41.0 Å². The number of thiophene rings is 1. The van der Waals surface area contributed by atoms with Gasteiger partial charge in [0.05, 0.1) is 0 Å². The predicted molar refractivity (Wildman–Crippen MR) is 106 cm³/mol. The summed E-state index contributed by atoms with van der Waals surface area (Å²) in [7, 11) is 0. The Kier molecular flexibility index (Phi) is 5.18. The molecule has 3 aliphatic rings. The van der Waals surface area contributed by atoms with E-state index in [2.05, 4.69) is 39.6 Å². The molecule has 2 bridgehead atoms. The lowest BCUT2D eigenvalue weighted by Gasteiger charge is -2.51. The number of carbonyl (C=O) groups is 1. The summed E-state index contributed by atoms with van der Waals surface area (Å²) in [5.41, 5.74) is 2.46. The molecule has 2 aromatic rings. The zero-order valence-corrected chi connectivity index (χ0v) is 15.9. The van der Waals surface area contributed by atoms with Crippen molar-refractivity contribution in [2.75, 3.05) is 13.1 Å². The summed E-state index contributed by atoms with van der Waals surface area (Å²) < 4.78 is 0. The topological polar surface area (TPSA) is 45.2 Å². The summed E-state index contributed by atoms with van der Waals surface area (Å²) in [6.07, 6.45) is 10.7. The normalized spacial score (nSPS) is 27.7. The van der Waals surface area contributed by atoms with Gasteiger partial charge in [-0.3, -0.25) is 14.7 Å². The molecular weight excluding hydrogens is 342 g/mol. The van der Waals surface area contributed by atoms with E-state index in [9.17, 15) is 4.79 Å². The van der Waals surface area contributed by atoms with Crippen molar-refractivity contribution >= 4 is 23.3 Å². The lowest BCUT2D eigenvalue weighted by Crippen LogP contribution is -2.64. The van der Waals surface area contributed by atoms with Crippen molar-refractivity contribution in [1.82, 2.24) is 15.2 Å². The zero-order valence-electron chi connectivity index (χ0n) is 15.1. The van der Waals surface area contributed by atoms with Crippen molar-refractivity contribution in [3.05, 3.63) is 58.1 Å². The average molecular weight is 368 g/mol. The van der Waals surface area contributed by atoms with Crippen LogP contribution >= 0.6 is 11.3 Å². The number of piperidine rings is 3. The molecule has 0 saturated carbocycles. The van der Waals surface area contributed by atoms with Crippen molar-refractivity contribution in [2.45, 2.75) is 38.3 Å². The van der Waals surface area contributed by atoms with Crippen molar-refractivity contribution in [3.8, 4) is 0 Å². The molecular formula is C21H25N3OS. The Bertz CT molecular complexity index is 778. The molecule has 0 radical (unpaired) electrons. The highest BCUT2D eigenvalue weighted by Crippen LogP contribution is 2.34. The number of amides is 1. The van der Waals surface area contributed by atoms with Crippen molar-refractivity contribution in [3.63, 3.8) is 0 Å². The van der Waals surface area contributed by atoms with Crippen LogP contribution in [0.1, 0.15) is 28.8 Å². The monoisotopic (exact) mass is 367 g/mol. The largest absolute Gasteiger partial charge is 0.348 e. The number of carbonyl (C=O) groups excluding carboxylic acids is 1. The molecule has 1 amide bonds. The van der Waals surface area contributed by atoms with E-state index >= 15 is 0 Å². The maximum Gasteiger partial charge on any atom is 0.244 e. The van der Waals surface area contributed by atoms with Crippen LogP contribution in [0.3, 0.4) is 0 Å². The number of hydrogen-bond acceptors (Lipinski definition) is 4. The third-order valence-electron chi connectivity index (χ3n) is 5.73. The molecule has 26 heavy (non-hydrogen) atoms. The molecule has 5 heterocycles. The first kappa shape index (κ1) is 17.4.